The predicted octanol–water partition coefficient (Wildman–Crippen LogP) is 2.68. The van der Waals surface area contributed by atoms with E-state index in [0.29, 0.717) is 24.1 Å². The molecule has 2 aromatic heterocycles. The Balaban J connectivity index is 1.56. The van der Waals surface area contributed by atoms with Crippen molar-refractivity contribution in [3.63, 3.8) is 0 Å². The molecule has 2 heterocycles. The maximum atomic E-state index is 14.8. The summed E-state index contributed by atoms with van der Waals surface area (Å²) in [5.41, 5.74) is 6.70. The van der Waals surface area contributed by atoms with Crippen LogP contribution in [0.5, 0.6) is 0 Å². The number of carbonyl (C=O) groups excluding carboxylic acids is 3. The van der Waals surface area contributed by atoms with Crippen molar-refractivity contribution in [2.75, 3.05) is 5.32 Å². The minimum absolute atomic E-state index is 0.0480. The Bertz CT molecular complexity index is 1170. The highest BCUT2D eigenvalue weighted by Crippen LogP contribution is 2.35. The van der Waals surface area contributed by atoms with Crippen molar-refractivity contribution in [2.45, 2.75) is 25.7 Å². The molecule has 0 aliphatic heterocycles. The Kier molecular flexibility index (Phi) is 5.85. The van der Waals surface area contributed by atoms with Gasteiger partial charge in [0, 0.05) is 30.6 Å². The first-order chi connectivity index (χ1) is 15.4. The summed E-state index contributed by atoms with van der Waals surface area (Å²) in [6, 6.07) is 6.06. The molecule has 1 fully saturated rings. The quantitative estimate of drug-likeness (QED) is 0.509. The monoisotopic (exact) mass is 438 g/mol. The van der Waals surface area contributed by atoms with Crippen LogP contribution in [0.3, 0.4) is 0 Å². The van der Waals surface area contributed by atoms with Crippen molar-refractivity contribution in [1.82, 2.24) is 20.0 Å². The van der Waals surface area contributed by atoms with Crippen molar-refractivity contribution in [3.8, 4) is 11.3 Å². The SMILES string of the molecule is Cn1ncc(NC(=O)C2CCCCC2C(=O)c2ccc(-c3cc[nH]n3)cc2F)c1C(N)=O. The number of hydrogen-bond donors (Lipinski definition) is 3. The smallest absolute Gasteiger partial charge is 0.269 e. The summed E-state index contributed by atoms with van der Waals surface area (Å²) in [5.74, 6) is -3.51. The molecule has 0 saturated heterocycles. The lowest BCUT2D eigenvalue weighted by Gasteiger charge is -2.29. The second kappa shape index (κ2) is 8.74. The second-order valence-electron chi connectivity index (χ2n) is 7.90. The molecule has 166 valence electrons. The van der Waals surface area contributed by atoms with E-state index in [1.54, 1.807) is 18.3 Å². The molecule has 32 heavy (non-hydrogen) atoms. The number of nitrogens with zero attached hydrogens (tertiary/aromatic N) is 3. The summed E-state index contributed by atoms with van der Waals surface area (Å²) in [5, 5.41) is 13.3. The minimum atomic E-state index is -0.726. The van der Waals surface area contributed by atoms with E-state index in [1.807, 2.05) is 0 Å². The number of primary amides is 1. The average Bonchev–Trinajstić information content (AvgIpc) is 3.43. The molecule has 1 aliphatic rings. The number of nitrogens with one attached hydrogen (secondary N) is 2. The zero-order valence-corrected chi connectivity index (χ0v) is 17.5. The molecule has 2 unspecified atom stereocenters. The largest absolute Gasteiger partial charge is 0.364 e. The Labute approximate surface area is 183 Å². The number of carbonyl (C=O) groups is 3. The average molecular weight is 438 g/mol. The van der Waals surface area contributed by atoms with E-state index in [0.717, 1.165) is 12.8 Å². The molecule has 1 aliphatic carbocycles. The van der Waals surface area contributed by atoms with E-state index < -0.39 is 35.3 Å². The summed E-state index contributed by atoms with van der Waals surface area (Å²) >= 11 is 0. The van der Waals surface area contributed by atoms with Crippen LogP contribution in [0.15, 0.2) is 36.7 Å². The fraction of sp³-hybridized carbons (Fsp3) is 0.318. The van der Waals surface area contributed by atoms with E-state index in [-0.39, 0.29) is 16.9 Å². The third-order valence-electron chi connectivity index (χ3n) is 5.90. The highest BCUT2D eigenvalue weighted by atomic mass is 19.1. The highest BCUT2D eigenvalue weighted by molar-refractivity contribution is 6.05. The number of aryl methyl sites for hydroxylation is 1. The lowest BCUT2D eigenvalue weighted by Crippen LogP contribution is -2.36. The van der Waals surface area contributed by atoms with Crippen LogP contribution >= 0.6 is 0 Å². The van der Waals surface area contributed by atoms with Crippen molar-refractivity contribution in [2.24, 2.45) is 24.6 Å². The van der Waals surface area contributed by atoms with Gasteiger partial charge >= 0.3 is 0 Å². The van der Waals surface area contributed by atoms with Gasteiger partial charge in [-0.15, -0.1) is 0 Å². The molecule has 9 nitrogen and oxygen atoms in total. The molecule has 2 amide bonds. The maximum absolute atomic E-state index is 14.8. The van der Waals surface area contributed by atoms with Crippen molar-refractivity contribution in [3.05, 3.63) is 53.7 Å². The topological polar surface area (TPSA) is 136 Å². The fourth-order valence-corrected chi connectivity index (χ4v) is 4.30. The van der Waals surface area contributed by atoms with Crippen molar-refractivity contribution < 1.29 is 18.8 Å². The summed E-state index contributed by atoms with van der Waals surface area (Å²) in [7, 11) is 1.54. The van der Waals surface area contributed by atoms with Gasteiger partial charge in [-0.05, 0) is 31.0 Å². The molecule has 10 heteroatoms. The van der Waals surface area contributed by atoms with Gasteiger partial charge in [0.15, 0.2) is 5.78 Å². The first kappa shape index (κ1) is 21.4. The van der Waals surface area contributed by atoms with Crippen LogP contribution in [0.25, 0.3) is 11.3 Å². The third-order valence-corrected chi connectivity index (χ3v) is 5.90. The molecule has 2 atom stereocenters. The number of ketones is 1. The van der Waals surface area contributed by atoms with Gasteiger partial charge in [-0.2, -0.15) is 10.2 Å². The van der Waals surface area contributed by atoms with Crippen molar-refractivity contribution in [1.29, 1.82) is 0 Å². The Hall–Kier alpha value is -3.82. The van der Waals surface area contributed by atoms with Gasteiger partial charge in [-0.25, -0.2) is 4.39 Å². The zero-order valence-electron chi connectivity index (χ0n) is 17.5. The van der Waals surface area contributed by atoms with Crippen LogP contribution in [-0.4, -0.2) is 37.6 Å². The van der Waals surface area contributed by atoms with Crippen LogP contribution in [-0.2, 0) is 11.8 Å². The first-order valence-corrected chi connectivity index (χ1v) is 10.3. The number of amides is 2. The van der Waals surface area contributed by atoms with Gasteiger partial charge in [-0.3, -0.25) is 24.2 Å². The number of hydrogen-bond acceptors (Lipinski definition) is 5. The minimum Gasteiger partial charge on any atom is -0.364 e. The predicted molar refractivity (Wildman–Crippen MR) is 114 cm³/mol. The van der Waals surface area contributed by atoms with E-state index in [1.165, 1.54) is 30.1 Å². The fourth-order valence-electron chi connectivity index (χ4n) is 4.30. The molecular formula is C22H23FN6O3. The number of benzene rings is 1. The number of nitrogens with two attached hydrogens (primary N) is 1. The Morgan fingerprint density at radius 3 is 2.59 bits per heavy atom. The normalized spacial score (nSPS) is 18.3. The molecule has 0 bridgehead atoms. The van der Waals surface area contributed by atoms with Crippen LogP contribution in [0, 0.1) is 17.7 Å². The maximum Gasteiger partial charge on any atom is 0.269 e. The van der Waals surface area contributed by atoms with Gasteiger partial charge in [0.1, 0.15) is 11.5 Å². The van der Waals surface area contributed by atoms with E-state index >= 15 is 0 Å². The van der Waals surface area contributed by atoms with E-state index in [9.17, 15) is 18.8 Å². The first-order valence-electron chi connectivity index (χ1n) is 10.3. The van der Waals surface area contributed by atoms with Gasteiger partial charge in [0.2, 0.25) is 5.91 Å². The van der Waals surface area contributed by atoms with E-state index in [2.05, 4.69) is 20.6 Å². The summed E-state index contributed by atoms with van der Waals surface area (Å²) in [4.78, 5) is 37.9. The number of anilines is 1. The molecule has 1 aromatic carbocycles. The molecule has 0 spiro atoms. The molecule has 1 saturated carbocycles. The molecule has 4 N–H and O–H groups in total. The van der Waals surface area contributed by atoms with Crippen LogP contribution < -0.4 is 11.1 Å². The Morgan fingerprint density at radius 2 is 1.94 bits per heavy atom. The molecule has 0 radical (unpaired) electrons. The number of Topliss-reactive ketones (excluding diaryl/α,β-unsaturated/α-hetero) is 1. The van der Waals surface area contributed by atoms with Crippen LogP contribution in [0.2, 0.25) is 0 Å². The molecule has 3 aromatic rings. The number of H-pyrrole nitrogens is 1. The standard InChI is InChI=1S/C22H23FN6O3/c1-29-19(21(24)31)18(11-26-29)27-22(32)14-5-3-2-4-13(14)20(30)15-7-6-12(10-16(15)23)17-8-9-25-28-17/h6-11,13-14H,2-5H2,1H3,(H2,24,31)(H,25,28)(H,27,32). The molecular weight excluding hydrogens is 415 g/mol. The number of rotatable bonds is 6. The van der Waals surface area contributed by atoms with Gasteiger partial charge < -0.3 is 11.1 Å². The van der Waals surface area contributed by atoms with Crippen molar-refractivity contribution >= 4 is 23.3 Å². The van der Waals surface area contributed by atoms with E-state index in [4.69, 9.17) is 5.73 Å². The van der Waals surface area contributed by atoms with Gasteiger partial charge in [-0.1, -0.05) is 18.9 Å². The molecule has 4 rings (SSSR count). The summed E-state index contributed by atoms with van der Waals surface area (Å²) in [6.07, 6.45) is 5.48. The third kappa shape index (κ3) is 4.03. The lowest BCUT2D eigenvalue weighted by molar-refractivity contribution is -0.122. The number of halogens is 1. The van der Waals surface area contributed by atoms with Gasteiger partial charge in [0.05, 0.1) is 23.1 Å². The highest BCUT2D eigenvalue weighted by Gasteiger charge is 2.37. The van der Waals surface area contributed by atoms with Gasteiger partial charge in [0.25, 0.3) is 5.91 Å². The number of aromatic nitrogens is 4. The summed E-state index contributed by atoms with van der Waals surface area (Å²) < 4.78 is 16.1. The van der Waals surface area contributed by atoms with Crippen LogP contribution in [0.1, 0.15) is 46.5 Å². The zero-order chi connectivity index (χ0) is 22.8. The lowest BCUT2D eigenvalue weighted by atomic mass is 9.74. The number of aromatic amines is 1. The second-order valence-corrected chi connectivity index (χ2v) is 7.90. The van der Waals surface area contributed by atoms with Crippen LogP contribution in [0.4, 0.5) is 10.1 Å². The Morgan fingerprint density at radius 1 is 1.19 bits per heavy atom. The summed E-state index contributed by atoms with van der Waals surface area (Å²) in [6.45, 7) is 0.